The molecule has 1 aliphatic heterocycles. The molecule has 2 aromatic carbocycles. The number of amides is 1. The van der Waals surface area contributed by atoms with E-state index < -0.39 is 0 Å². The Morgan fingerprint density at radius 1 is 1.25 bits per heavy atom. The maximum absolute atomic E-state index is 12.8. The molecule has 0 radical (unpaired) electrons. The number of nitrogens with two attached hydrogens (primary N) is 1. The molecule has 0 saturated heterocycles. The summed E-state index contributed by atoms with van der Waals surface area (Å²) in [7, 11) is 0. The molecule has 4 heteroatoms. The van der Waals surface area contributed by atoms with E-state index in [4.69, 9.17) is 5.73 Å². The van der Waals surface area contributed by atoms with Crippen LogP contribution >= 0.6 is 11.8 Å². The Hall–Kier alpha value is -1.94. The second-order valence-electron chi connectivity index (χ2n) is 4.85. The zero-order valence-corrected chi connectivity index (χ0v) is 12.1. The fourth-order valence-corrected chi connectivity index (χ4v) is 3.45. The monoisotopic (exact) mass is 284 g/mol. The fourth-order valence-electron chi connectivity index (χ4n) is 2.45. The normalized spacial score (nSPS) is 13.9. The number of benzene rings is 2. The molecule has 102 valence electrons. The van der Waals surface area contributed by atoms with Gasteiger partial charge in [-0.25, -0.2) is 0 Å². The molecule has 20 heavy (non-hydrogen) atoms. The number of nitrogens with zero attached hydrogens (tertiary/aromatic N) is 1. The van der Waals surface area contributed by atoms with Crippen molar-refractivity contribution in [2.45, 2.75) is 11.8 Å². The average Bonchev–Trinajstić information content (AvgIpc) is 2.46. The van der Waals surface area contributed by atoms with Crippen molar-refractivity contribution in [1.82, 2.24) is 0 Å². The van der Waals surface area contributed by atoms with E-state index in [2.05, 4.69) is 6.07 Å². The number of nitrogen functional groups attached to an aromatic ring is 1. The molecule has 2 aromatic rings. The van der Waals surface area contributed by atoms with Crippen molar-refractivity contribution in [1.29, 1.82) is 0 Å². The van der Waals surface area contributed by atoms with Crippen LogP contribution in [0.15, 0.2) is 47.4 Å². The van der Waals surface area contributed by atoms with E-state index in [1.54, 1.807) is 17.8 Å². The van der Waals surface area contributed by atoms with Gasteiger partial charge < -0.3 is 10.6 Å². The highest BCUT2D eigenvalue weighted by Gasteiger charge is 2.24. The van der Waals surface area contributed by atoms with Gasteiger partial charge in [-0.1, -0.05) is 12.1 Å². The van der Waals surface area contributed by atoms with Gasteiger partial charge in [0.2, 0.25) is 0 Å². The lowest BCUT2D eigenvalue weighted by molar-refractivity contribution is 0.0987. The Balaban J connectivity index is 2.00. The maximum atomic E-state index is 12.8. The molecule has 0 bridgehead atoms. The van der Waals surface area contributed by atoms with E-state index in [1.807, 2.05) is 42.2 Å². The van der Waals surface area contributed by atoms with E-state index in [9.17, 15) is 4.79 Å². The average molecular weight is 284 g/mol. The molecule has 3 nitrogen and oxygen atoms in total. The number of carbonyl (C=O) groups is 1. The Kier molecular flexibility index (Phi) is 3.40. The molecule has 0 aromatic heterocycles. The molecule has 0 spiro atoms. The molecule has 1 amide bonds. The van der Waals surface area contributed by atoms with Crippen LogP contribution in [-0.2, 0) is 0 Å². The van der Waals surface area contributed by atoms with Crippen molar-refractivity contribution in [2.24, 2.45) is 0 Å². The van der Waals surface area contributed by atoms with Gasteiger partial charge in [-0.2, -0.15) is 0 Å². The van der Waals surface area contributed by atoms with E-state index >= 15 is 0 Å². The summed E-state index contributed by atoms with van der Waals surface area (Å²) in [6.45, 7) is 2.67. The molecule has 1 aliphatic rings. The lowest BCUT2D eigenvalue weighted by Gasteiger charge is -2.29. The van der Waals surface area contributed by atoms with E-state index in [0.29, 0.717) is 5.69 Å². The Bertz CT molecular complexity index is 669. The molecular weight excluding hydrogens is 268 g/mol. The van der Waals surface area contributed by atoms with Crippen molar-refractivity contribution in [2.75, 3.05) is 22.9 Å². The first-order chi connectivity index (χ1) is 9.66. The topological polar surface area (TPSA) is 46.3 Å². The van der Waals surface area contributed by atoms with Gasteiger partial charge in [0, 0.05) is 28.4 Å². The predicted octanol–water partition coefficient (Wildman–Crippen LogP) is 3.33. The van der Waals surface area contributed by atoms with Crippen LogP contribution in [-0.4, -0.2) is 18.2 Å². The van der Waals surface area contributed by atoms with Gasteiger partial charge in [0.1, 0.15) is 0 Å². The summed E-state index contributed by atoms with van der Waals surface area (Å²) in [5.41, 5.74) is 9.09. The zero-order valence-electron chi connectivity index (χ0n) is 11.3. The highest BCUT2D eigenvalue weighted by atomic mass is 32.2. The largest absolute Gasteiger partial charge is 0.399 e. The van der Waals surface area contributed by atoms with Gasteiger partial charge in [0.25, 0.3) is 5.91 Å². The Morgan fingerprint density at radius 3 is 2.85 bits per heavy atom. The zero-order chi connectivity index (χ0) is 14.1. The summed E-state index contributed by atoms with van der Waals surface area (Å²) in [5, 5.41) is 0. The molecule has 0 fully saturated rings. The first-order valence-electron chi connectivity index (χ1n) is 6.56. The minimum absolute atomic E-state index is 0.0512. The van der Waals surface area contributed by atoms with Crippen LogP contribution in [0.2, 0.25) is 0 Å². The summed E-state index contributed by atoms with van der Waals surface area (Å²) >= 11 is 1.80. The van der Waals surface area contributed by atoms with E-state index in [0.717, 1.165) is 29.1 Å². The number of hydrogen-bond donors (Lipinski definition) is 1. The smallest absolute Gasteiger partial charge is 0.258 e. The van der Waals surface area contributed by atoms with Gasteiger partial charge in [0.15, 0.2) is 0 Å². The summed E-state index contributed by atoms with van der Waals surface area (Å²) in [4.78, 5) is 15.8. The van der Waals surface area contributed by atoms with Crippen molar-refractivity contribution in [3.8, 4) is 0 Å². The minimum Gasteiger partial charge on any atom is -0.399 e. The first kappa shape index (κ1) is 13.1. The van der Waals surface area contributed by atoms with E-state index in [1.165, 1.54) is 4.90 Å². The van der Waals surface area contributed by atoms with Gasteiger partial charge in [-0.3, -0.25) is 4.79 Å². The van der Waals surface area contributed by atoms with Crippen LogP contribution in [0.4, 0.5) is 11.4 Å². The van der Waals surface area contributed by atoms with Crippen molar-refractivity contribution in [3.63, 3.8) is 0 Å². The third-order valence-corrected chi connectivity index (χ3v) is 4.50. The number of aryl methyl sites for hydroxylation is 1. The van der Waals surface area contributed by atoms with Crippen molar-refractivity contribution < 1.29 is 4.79 Å². The third kappa shape index (κ3) is 2.27. The maximum Gasteiger partial charge on any atom is 0.258 e. The lowest BCUT2D eigenvalue weighted by atomic mass is 10.1. The quantitative estimate of drug-likeness (QED) is 0.817. The molecule has 0 atom stereocenters. The van der Waals surface area contributed by atoms with Crippen molar-refractivity contribution >= 4 is 29.0 Å². The predicted molar refractivity (Wildman–Crippen MR) is 84.4 cm³/mol. The van der Waals surface area contributed by atoms with Crippen LogP contribution in [0.1, 0.15) is 15.9 Å². The van der Waals surface area contributed by atoms with Crippen LogP contribution in [0.3, 0.4) is 0 Å². The standard InChI is InChI=1S/C16H16N2OS/c1-11-10-12(17)6-7-13(11)16(19)18-8-9-20-15-5-3-2-4-14(15)18/h2-7,10H,8-9,17H2,1H3. The number of thioether (sulfide) groups is 1. The number of carbonyl (C=O) groups excluding carboxylic acids is 1. The second kappa shape index (κ2) is 5.21. The molecule has 3 rings (SSSR count). The number of para-hydroxylation sites is 1. The minimum atomic E-state index is 0.0512. The third-order valence-electron chi connectivity index (χ3n) is 3.45. The number of hydrogen-bond acceptors (Lipinski definition) is 3. The molecule has 0 aliphatic carbocycles. The van der Waals surface area contributed by atoms with E-state index in [-0.39, 0.29) is 5.91 Å². The summed E-state index contributed by atoms with van der Waals surface area (Å²) in [6.07, 6.45) is 0. The first-order valence-corrected chi connectivity index (χ1v) is 7.55. The number of fused-ring (bicyclic) bond motifs is 1. The summed E-state index contributed by atoms with van der Waals surface area (Å²) in [5.74, 6) is 0.979. The Morgan fingerprint density at radius 2 is 2.05 bits per heavy atom. The molecule has 1 heterocycles. The van der Waals surface area contributed by atoms with Crippen molar-refractivity contribution in [3.05, 3.63) is 53.6 Å². The van der Waals surface area contributed by atoms with Crippen LogP contribution in [0, 0.1) is 6.92 Å². The van der Waals surface area contributed by atoms with Crippen LogP contribution in [0.25, 0.3) is 0 Å². The van der Waals surface area contributed by atoms with Gasteiger partial charge >= 0.3 is 0 Å². The van der Waals surface area contributed by atoms with Gasteiger partial charge in [0.05, 0.1) is 5.69 Å². The highest BCUT2D eigenvalue weighted by molar-refractivity contribution is 7.99. The molecular formula is C16H16N2OS. The van der Waals surface area contributed by atoms with Crippen LogP contribution in [0.5, 0.6) is 0 Å². The summed E-state index contributed by atoms with van der Waals surface area (Å²) in [6, 6.07) is 13.5. The second-order valence-corrected chi connectivity index (χ2v) is 5.98. The SMILES string of the molecule is Cc1cc(N)ccc1C(=O)N1CCSc2ccccc21. The number of rotatable bonds is 1. The molecule has 0 saturated carbocycles. The molecule has 2 N–H and O–H groups in total. The van der Waals surface area contributed by atoms with Gasteiger partial charge in [-0.15, -0.1) is 11.8 Å². The number of anilines is 2. The highest BCUT2D eigenvalue weighted by Crippen LogP contribution is 2.35. The molecule has 0 unspecified atom stereocenters. The van der Waals surface area contributed by atoms with Crippen LogP contribution < -0.4 is 10.6 Å². The lowest BCUT2D eigenvalue weighted by Crippen LogP contribution is -2.35. The fraction of sp³-hybridized carbons (Fsp3) is 0.188. The van der Waals surface area contributed by atoms with Gasteiger partial charge in [-0.05, 0) is 42.8 Å². The Labute approximate surface area is 122 Å². The summed E-state index contributed by atoms with van der Waals surface area (Å²) < 4.78 is 0.